The third kappa shape index (κ3) is 3.96. The van der Waals surface area contributed by atoms with Crippen LogP contribution in [0.2, 0.25) is 0 Å². The van der Waals surface area contributed by atoms with Gasteiger partial charge in [-0.15, -0.1) is 0 Å². The highest BCUT2D eigenvalue weighted by molar-refractivity contribution is 5.46. The van der Waals surface area contributed by atoms with Crippen molar-refractivity contribution >= 4 is 5.69 Å². The summed E-state index contributed by atoms with van der Waals surface area (Å²) in [6.45, 7) is 9.33. The van der Waals surface area contributed by atoms with E-state index in [2.05, 4.69) is 45.0 Å². The predicted octanol–water partition coefficient (Wildman–Crippen LogP) is 1.53. The normalized spacial score (nSPS) is 24.6. The Balaban J connectivity index is 1.38. The topological polar surface area (TPSA) is 19.0 Å². The van der Waals surface area contributed by atoms with Gasteiger partial charge >= 0.3 is 0 Å². The molecule has 4 nitrogen and oxygen atoms in total. The average Bonchev–Trinajstić information content (AvgIpc) is 3.02. The number of ether oxygens (including phenoxy) is 1. The van der Waals surface area contributed by atoms with Crippen LogP contribution in [0.5, 0.6) is 0 Å². The second kappa shape index (κ2) is 7.25. The van der Waals surface area contributed by atoms with Crippen LogP contribution < -0.4 is 4.90 Å². The maximum absolute atomic E-state index is 5.43. The number of rotatable bonds is 5. The fourth-order valence-corrected chi connectivity index (χ4v) is 3.34. The van der Waals surface area contributed by atoms with Crippen molar-refractivity contribution in [1.29, 1.82) is 0 Å². The fraction of sp³-hybridized carbons (Fsp3) is 0.647. The smallest absolute Gasteiger partial charge is 0.0710 e. The number of hydrogen-bond acceptors (Lipinski definition) is 4. The van der Waals surface area contributed by atoms with Gasteiger partial charge in [0, 0.05) is 65.2 Å². The molecule has 2 fully saturated rings. The molecule has 0 bridgehead atoms. The summed E-state index contributed by atoms with van der Waals surface area (Å²) in [4.78, 5) is 7.63. The van der Waals surface area contributed by atoms with Gasteiger partial charge in [-0.1, -0.05) is 18.2 Å². The Bertz CT molecular complexity index is 417. The zero-order valence-electron chi connectivity index (χ0n) is 13.1. The summed E-state index contributed by atoms with van der Waals surface area (Å²) in [5, 5.41) is 0. The summed E-state index contributed by atoms with van der Waals surface area (Å²) in [5.74, 6) is 0. The van der Waals surface area contributed by atoms with Gasteiger partial charge in [0.05, 0.1) is 6.10 Å². The van der Waals surface area contributed by atoms with Crippen molar-refractivity contribution in [2.24, 2.45) is 0 Å². The molecule has 0 spiro atoms. The van der Waals surface area contributed by atoms with Crippen molar-refractivity contribution in [2.75, 3.05) is 64.4 Å². The molecule has 0 radical (unpaired) electrons. The van der Waals surface area contributed by atoms with Crippen LogP contribution in [-0.2, 0) is 4.74 Å². The van der Waals surface area contributed by atoms with E-state index in [-0.39, 0.29) is 0 Å². The van der Waals surface area contributed by atoms with E-state index in [1.807, 2.05) is 7.11 Å². The minimum Gasteiger partial charge on any atom is -0.380 e. The maximum atomic E-state index is 5.43. The molecule has 2 aliphatic rings. The molecule has 21 heavy (non-hydrogen) atoms. The quantitative estimate of drug-likeness (QED) is 0.818. The molecule has 2 saturated heterocycles. The fourth-order valence-electron chi connectivity index (χ4n) is 3.34. The van der Waals surface area contributed by atoms with Crippen LogP contribution in [0, 0.1) is 0 Å². The van der Waals surface area contributed by atoms with Gasteiger partial charge in [0.15, 0.2) is 0 Å². The van der Waals surface area contributed by atoms with Crippen molar-refractivity contribution in [3.63, 3.8) is 0 Å². The Hall–Kier alpha value is -1.10. The molecule has 0 amide bonds. The van der Waals surface area contributed by atoms with E-state index in [4.69, 9.17) is 4.74 Å². The van der Waals surface area contributed by atoms with Crippen LogP contribution in [0.1, 0.15) is 6.42 Å². The Morgan fingerprint density at radius 3 is 2.33 bits per heavy atom. The second-order valence-electron chi connectivity index (χ2n) is 6.11. The highest BCUT2D eigenvalue weighted by Gasteiger charge is 2.23. The molecule has 0 N–H and O–H groups in total. The first kappa shape index (κ1) is 14.8. The molecule has 2 heterocycles. The van der Waals surface area contributed by atoms with Gasteiger partial charge in [0.2, 0.25) is 0 Å². The molecule has 1 aromatic rings. The monoisotopic (exact) mass is 289 g/mol. The number of nitrogens with zero attached hydrogens (tertiary/aromatic N) is 3. The third-order valence-electron chi connectivity index (χ3n) is 4.79. The van der Waals surface area contributed by atoms with Crippen LogP contribution in [-0.4, -0.2) is 75.4 Å². The number of hydrogen-bond donors (Lipinski definition) is 0. The Labute approximate surface area is 128 Å². The maximum Gasteiger partial charge on any atom is 0.0710 e. The van der Waals surface area contributed by atoms with Crippen molar-refractivity contribution in [1.82, 2.24) is 9.80 Å². The van der Waals surface area contributed by atoms with Gasteiger partial charge in [-0.25, -0.2) is 0 Å². The summed E-state index contributed by atoms with van der Waals surface area (Å²) in [6.07, 6.45) is 1.65. The van der Waals surface area contributed by atoms with Gasteiger partial charge in [0.1, 0.15) is 0 Å². The molecule has 0 aromatic heterocycles. The molecule has 1 aromatic carbocycles. The van der Waals surface area contributed by atoms with E-state index in [0.29, 0.717) is 6.10 Å². The first-order valence-electron chi connectivity index (χ1n) is 8.12. The van der Waals surface area contributed by atoms with Crippen LogP contribution in [0.15, 0.2) is 30.3 Å². The first-order chi connectivity index (χ1) is 10.3. The predicted molar refractivity (Wildman–Crippen MR) is 86.9 cm³/mol. The number of piperazine rings is 1. The largest absolute Gasteiger partial charge is 0.380 e. The summed E-state index contributed by atoms with van der Waals surface area (Å²) in [7, 11) is 1.83. The van der Waals surface area contributed by atoms with Crippen LogP contribution >= 0.6 is 0 Å². The zero-order valence-corrected chi connectivity index (χ0v) is 13.1. The molecular weight excluding hydrogens is 262 g/mol. The van der Waals surface area contributed by atoms with Gasteiger partial charge in [0.25, 0.3) is 0 Å². The molecular formula is C17H27N3O. The Morgan fingerprint density at radius 1 is 0.952 bits per heavy atom. The van der Waals surface area contributed by atoms with Gasteiger partial charge in [-0.3, -0.25) is 9.80 Å². The number of methoxy groups -OCH3 is 1. The SMILES string of the molecule is CO[C@H]1CCN(CCN2CCN(c3ccccc3)CC2)C1. The lowest BCUT2D eigenvalue weighted by atomic mass is 10.2. The second-order valence-corrected chi connectivity index (χ2v) is 6.11. The molecule has 4 heteroatoms. The summed E-state index contributed by atoms with van der Waals surface area (Å²) >= 11 is 0. The molecule has 1 atom stereocenters. The van der Waals surface area contributed by atoms with Crippen molar-refractivity contribution < 1.29 is 4.74 Å². The molecule has 0 aliphatic carbocycles. The van der Waals surface area contributed by atoms with Crippen LogP contribution in [0.25, 0.3) is 0 Å². The van der Waals surface area contributed by atoms with Crippen LogP contribution in [0.4, 0.5) is 5.69 Å². The van der Waals surface area contributed by atoms with Crippen molar-refractivity contribution in [2.45, 2.75) is 12.5 Å². The Kier molecular flexibility index (Phi) is 5.12. The molecule has 2 aliphatic heterocycles. The number of benzene rings is 1. The minimum absolute atomic E-state index is 0.458. The van der Waals surface area contributed by atoms with E-state index < -0.39 is 0 Å². The van der Waals surface area contributed by atoms with Gasteiger partial charge < -0.3 is 9.64 Å². The summed E-state index contributed by atoms with van der Waals surface area (Å²) in [6, 6.07) is 10.8. The zero-order chi connectivity index (χ0) is 14.5. The minimum atomic E-state index is 0.458. The molecule has 3 rings (SSSR count). The highest BCUT2D eigenvalue weighted by atomic mass is 16.5. The van der Waals surface area contributed by atoms with Crippen LogP contribution in [0.3, 0.4) is 0 Å². The Morgan fingerprint density at radius 2 is 1.67 bits per heavy atom. The van der Waals surface area contributed by atoms with Crippen molar-refractivity contribution in [3.8, 4) is 0 Å². The van der Waals surface area contributed by atoms with E-state index in [9.17, 15) is 0 Å². The molecule has 0 unspecified atom stereocenters. The first-order valence-corrected chi connectivity index (χ1v) is 8.12. The van der Waals surface area contributed by atoms with E-state index >= 15 is 0 Å². The summed E-state index contributed by atoms with van der Waals surface area (Å²) in [5.41, 5.74) is 1.36. The highest BCUT2D eigenvalue weighted by Crippen LogP contribution is 2.16. The third-order valence-corrected chi connectivity index (χ3v) is 4.79. The number of anilines is 1. The van der Waals surface area contributed by atoms with E-state index in [1.54, 1.807) is 0 Å². The average molecular weight is 289 g/mol. The van der Waals surface area contributed by atoms with Gasteiger partial charge in [-0.05, 0) is 18.6 Å². The summed E-state index contributed by atoms with van der Waals surface area (Å²) < 4.78 is 5.43. The van der Waals surface area contributed by atoms with Gasteiger partial charge in [-0.2, -0.15) is 0 Å². The number of para-hydroxylation sites is 1. The lowest BCUT2D eigenvalue weighted by molar-refractivity contribution is 0.106. The van der Waals surface area contributed by atoms with E-state index in [1.165, 1.54) is 44.8 Å². The lowest BCUT2D eigenvalue weighted by Crippen LogP contribution is -2.48. The molecule has 116 valence electrons. The van der Waals surface area contributed by atoms with Crippen molar-refractivity contribution in [3.05, 3.63) is 30.3 Å². The van der Waals surface area contributed by atoms with E-state index in [0.717, 1.165) is 19.6 Å². The lowest BCUT2D eigenvalue weighted by Gasteiger charge is -2.36. The standard InChI is InChI=1S/C17H27N3O/c1-21-17-7-8-19(15-17)10-9-18-11-13-20(14-12-18)16-5-3-2-4-6-16/h2-6,17H,7-15H2,1H3/t17-/m0/s1. The number of likely N-dealkylation sites (tertiary alicyclic amines) is 1. The molecule has 0 saturated carbocycles.